The minimum absolute atomic E-state index is 0.172. The van der Waals surface area contributed by atoms with Gasteiger partial charge in [0, 0.05) is 16.9 Å². The lowest BCUT2D eigenvalue weighted by Crippen LogP contribution is -2.17. The summed E-state index contributed by atoms with van der Waals surface area (Å²) in [7, 11) is 1.97. The highest BCUT2D eigenvalue weighted by atomic mass is 79.9. The van der Waals surface area contributed by atoms with Gasteiger partial charge < -0.3 is 5.32 Å². The van der Waals surface area contributed by atoms with Crippen LogP contribution in [0.5, 0.6) is 0 Å². The second kappa shape index (κ2) is 6.31. The number of hydrogen-bond acceptors (Lipinski definition) is 2. The van der Waals surface area contributed by atoms with E-state index in [1.54, 1.807) is 6.20 Å². The Morgan fingerprint density at radius 2 is 1.63 bits per heavy atom. The molecule has 1 aromatic heterocycles. The molecule has 2 nitrogen and oxygen atoms in total. The van der Waals surface area contributed by atoms with Gasteiger partial charge in [-0.3, -0.25) is 4.98 Å². The molecule has 0 spiro atoms. The molecular formula is C16H19BrN2. The molecule has 1 unspecified atom stereocenters. The second-order valence-electron chi connectivity index (χ2n) is 4.98. The third kappa shape index (κ3) is 3.43. The van der Waals surface area contributed by atoms with Gasteiger partial charge in [0.15, 0.2) is 0 Å². The maximum absolute atomic E-state index is 4.24. The second-order valence-corrected chi connectivity index (χ2v) is 5.90. The number of nitrogens with zero attached hydrogens (tertiary/aromatic N) is 1. The Hall–Kier alpha value is -1.19. The predicted octanol–water partition coefficient (Wildman–Crippen LogP) is 4.28. The van der Waals surface area contributed by atoms with Crippen LogP contribution in [-0.2, 0) is 0 Å². The summed E-state index contributed by atoms with van der Waals surface area (Å²) in [6, 6.07) is 11.1. The Morgan fingerprint density at radius 3 is 2.16 bits per heavy atom. The van der Waals surface area contributed by atoms with Gasteiger partial charge in [-0.05, 0) is 51.7 Å². The number of halogens is 1. The normalized spacial score (nSPS) is 12.7. The number of benzene rings is 1. The molecule has 0 bridgehead atoms. The molecule has 0 radical (unpaired) electrons. The summed E-state index contributed by atoms with van der Waals surface area (Å²) in [6.45, 7) is 4.42. The Kier molecular flexibility index (Phi) is 4.72. The number of pyridine rings is 1. The van der Waals surface area contributed by atoms with Crippen LogP contribution in [0.1, 0.15) is 42.5 Å². The number of aromatic nitrogens is 1. The van der Waals surface area contributed by atoms with Crippen molar-refractivity contribution >= 4 is 15.9 Å². The minimum atomic E-state index is 0.172. The predicted molar refractivity (Wildman–Crippen MR) is 83.4 cm³/mol. The van der Waals surface area contributed by atoms with Crippen LogP contribution in [0.3, 0.4) is 0 Å². The number of nitrogens with one attached hydrogen (secondary N) is 1. The van der Waals surface area contributed by atoms with E-state index in [9.17, 15) is 0 Å². The first kappa shape index (κ1) is 14.2. The first-order chi connectivity index (χ1) is 9.11. The van der Waals surface area contributed by atoms with Crippen LogP contribution in [-0.4, -0.2) is 12.0 Å². The van der Waals surface area contributed by atoms with E-state index >= 15 is 0 Å². The number of rotatable bonds is 4. The van der Waals surface area contributed by atoms with Gasteiger partial charge in [-0.25, -0.2) is 0 Å². The average molecular weight is 319 g/mol. The van der Waals surface area contributed by atoms with E-state index in [1.807, 2.05) is 13.2 Å². The molecule has 1 N–H and O–H groups in total. The number of hydrogen-bond donors (Lipinski definition) is 1. The molecule has 0 saturated carbocycles. The third-order valence-corrected chi connectivity index (χ3v) is 3.72. The summed E-state index contributed by atoms with van der Waals surface area (Å²) in [5, 5.41) is 3.35. The van der Waals surface area contributed by atoms with Gasteiger partial charge in [0.1, 0.15) is 0 Å². The van der Waals surface area contributed by atoms with Crippen molar-refractivity contribution in [1.82, 2.24) is 10.3 Å². The fourth-order valence-corrected chi connectivity index (χ4v) is 2.57. The van der Waals surface area contributed by atoms with E-state index in [1.165, 1.54) is 11.1 Å². The van der Waals surface area contributed by atoms with Crippen LogP contribution in [0.25, 0.3) is 0 Å². The molecule has 19 heavy (non-hydrogen) atoms. The van der Waals surface area contributed by atoms with Gasteiger partial charge in [0.05, 0.1) is 6.04 Å². The lowest BCUT2D eigenvalue weighted by Gasteiger charge is -2.18. The van der Waals surface area contributed by atoms with E-state index in [0.717, 1.165) is 10.0 Å². The summed E-state index contributed by atoms with van der Waals surface area (Å²) in [5.41, 5.74) is 3.78. The molecule has 1 atom stereocenters. The Morgan fingerprint density at radius 1 is 1.00 bits per heavy atom. The van der Waals surface area contributed by atoms with Gasteiger partial charge >= 0.3 is 0 Å². The van der Waals surface area contributed by atoms with Crippen LogP contribution in [0, 0.1) is 0 Å². The lowest BCUT2D eigenvalue weighted by molar-refractivity contribution is 0.687. The molecule has 2 aromatic rings. The maximum Gasteiger partial charge on any atom is 0.0589 e. The molecule has 100 valence electrons. The highest BCUT2D eigenvalue weighted by Gasteiger charge is 2.12. The van der Waals surface area contributed by atoms with Crippen LogP contribution in [0.4, 0.5) is 0 Å². The first-order valence-electron chi connectivity index (χ1n) is 6.49. The molecule has 2 rings (SSSR count). The van der Waals surface area contributed by atoms with Crippen LogP contribution < -0.4 is 5.32 Å². The zero-order valence-electron chi connectivity index (χ0n) is 11.5. The maximum atomic E-state index is 4.24. The molecule has 0 saturated heterocycles. The molecule has 1 aromatic carbocycles. The van der Waals surface area contributed by atoms with Crippen LogP contribution >= 0.6 is 15.9 Å². The molecule has 3 heteroatoms. The summed E-state index contributed by atoms with van der Waals surface area (Å²) in [5.74, 6) is 0.564. The molecule has 0 fully saturated rings. The Balaban J connectivity index is 2.31. The van der Waals surface area contributed by atoms with Gasteiger partial charge in [-0.2, -0.15) is 0 Å². The van der Waals surface area contributed by atoms with Crippen molar-refractivity contribution in [3.8, 4) is 0 Å². The summed E-state index contributed by atoms with van der Waals surface area (Å²) in [4.78, 5) is 4.24. The summed E-state index contributed by atoms with van der Waals surface area (Å²) >= 11 is 3.47. The molecule has 0 aliphatic carbocycles. The summed E-state index contributed by atoms with van der Waals surface area (Å²) in [6.07, 6.45) is 3.71. The van der Waals surface area contributed by atoms with Crippen LogP contribution in [0.15, 0.2) is 47.2 Å². The van der Waals surface area contributed by atoms with Gasteiger partial charge in [-0.1, -0.05) is 38.1 Å². The van der Waals surface area contributed by atoms with Crippen molar-refractivity contribution < 1.29 is 0 Å². The Labute approximate surface area is 123 Å². The van der Waals surface area contributed by atoms with E-state index < -0.39 is 0 Å². The van der Waals surface area contributed by atoms with Gasteiger partial charge in [-0.15, -0.1) is 0 Å². The molecular weight excluding hydrogens is 300 g/mol. The zero-order valence-corrected chi connectivity index (χ0v) is 13.1. The average Bonchev–Trinajstić information content (AvgIpc) is 2.40. The molecule has 0 amide bonds. The largest absolute Gasteiger partial charge is 0.309 e. The molecule has 0 aliphatic heterocycles. The van der Waals surface area contributed by atoms with Crippen molar-refractivity contribution in [3.63, 3.8) is 0 Å². The minimum Gasteiger partial charge on any atom is -0.309 e. The van der Waals surface area contributed by atoms with Crippen molar-refractivity contribution in [3.05, 3.63) is 63.9 Å². The zero-order chi connectivity index (χ0) is 13.8. The van der Waals surface area contributed by atoms with Crippen molar-refractivity contribution in [2.75, 3.05) is 7.05 Å². The highest BCUT2D eigenvalue weighted by Crippen LogP contribution is 2.25. The smallest absolute Gasteiger partial charge is 0.0589 e. The topological polar surface area (TPSA) is 24.9 Å². The molecule has 1 heterocycles. The van der Waals surface area contributed by atoms with Gasteiger partial charge in [0.25, 0.3) is 0 Å². The lowest BCUT2D eigenvalue weighted by atomic mass is 9.96. The fourth-order valence-electron chi connectivity index (χ4n) is 2.19. The van der Waals surface area contributed by atoms with Crippen molar-refractivity contribution in [1.29, 1.82) is 0 Å². The van der Waals surface area contributed by atoms with Crippen molar-refractivity contribution in [2.45, 2.75) is 25.8 Å². The van der Waals surface area contributed by atoms with Crippen molar-refractivity contribution in [2.24, 2.45) is 0 Å². The Bertz CT molecular complexity index is 535. The van der Waals surface area contributed by atoms with Gasteiger partial charge in [0.2, 0.25) is 0 Å². The highest BCUT2D eigenvalue weighted by molar-refractivity contribution is 9.10. The van der Waals surface area contributed by atoms with E-state index in [0.29, 0.717) is 5.92 Å². The van der Waals surface area contributed by atoms with E-state index in [-0.39, 0.29) is 6.04 Å². The standard InChI is InChI=1S/C16H19BrN2/c1-11(2)12-4-6-13(7-5-12)16(18-3)14-8-15(17)10-19-9-14/h4-11,16,18H,1-3H3. The SMILES string of the molecule is CNC(c1ccc(C(C)C)cc1)c1cncc(Br)c1. The summed E-state index contributed by atoms with van der Waals surface area (Å²) < 4.78 is 1.00. The van der Waals surface area contributed by atoms with Crippen LogP contribution in [0.2, 0.25) is 0 Å². The molecule has 0 aliphatic rings. The first-order valence-corrected chi connectivity index (χ1v) is 7.28. The monoisotopic (exact) mass is 318 g/mol. The third-order valence-electron chi connectivity index (χ3n) is 3.28. The van der Waals surface area contributed by atoms with E-state index in [4.69, 9.17) is 0 Å². The van der Waals surface area contributed by atoms with E-state index in [2.05, 4.69) is 70.4 Å². The quantitative estimate of drug-likeness (QED) is 0.910. The fraction of sp³-hybridized carbons (Fsp3) is 0.312.